The second-order valence-corrected chi connectivity index (χ2v) is 7.79. The third-order valence-electron chi connectivity index (χ3n) is 4.50. The fourth-order valence-electron chi connectivity index (χ4n) is 3.16. The number of thiophene rings is 1. The zero-order valence-electron chi connectivity index (χ0n) is 15.6. The number of anilines is 1. The number of amides is 1. The monoisotopic (exact) mass is 409 g/mol. The number of nitrogens with one attached hydrogen (secondary N) is 1. The van der Waals surface area contributed by atoms with Gasteiger partial charge >= 0.3 is 5.97 Å². The number of carbonyl (C=O) groups is 2. The third-order valence-corrected chi connectivity index (χ3v) is 5.67. The van der Waals surface area contributed by atoms with Gasteiger partial charge in [-0.3, -0.25) is 4.79 Å². The second kappa shape index (κ2) is 8.68. The van der Waals surface area contributed by atoms with Crippen LogP contribution in [0.2, 0.25) is 0 Å². The highest BCUT2D eigenvalue weighted by Gasteiger charge is 2.29. The molecular formula is C20H21F2NO4S. The largest absolute Gasteiger partial charge is 0.481 e. The Labute approximate surface area is 165 Å². The molecule has 1 aromatic heterocycles. The zero-order chi connectivity index (χ0) is 20.3. The van der Waals surface area contributed by atoms with Crippen LogP contribution in [0.5, 0.6) is 5.75 Å². The molecule has 1 heterocycles. The molecular weight excluding hydrogens is 388 g/mol. The van der Waals surface area contributed by atoms with E-state index in [2.05, 4.69) is 12.2 Å². The Kier molecular flexibility index (Phi) is 6.28. The maximum absolute atomic E-state index is 13.6. The molecule has 0 fully saturated rings. The molecule has 1 aliphatic carbocycles. The van der Waals surface area contributed by atoms with Crippen molar-refractivity contribution in [1.82, 2.24) is 0 Å². The van der Waals surface area contributed by atoms with Crippen LogP contribution in [0.25, 0.3) is 0 Å². The topological polar surface area (TPSA) is 64.6 Å². The van der Waals surface area contributed by atoms with Gasteiger partial charge in [0.25, 0.3) is 5.91 Å². The molecule has 1 N–H and O–H groups in total. The molecule has 0 aliphatic heterocycles. The van der Waals surface area contributed by atoms with Crippen LogP contribution in [-0.4, -0.2) is 25.1 Å². The SMILES string of the molecule is CCOC(=O)c1c(NC(=O)COc2ccc(F)cc2F)sc2c1CC[C@H](C)C2. The number of carbonyl (C=O) groups excluding carboxylic acids is 2. The molecule has 2 aromatic rings. The van der Waals surface area contributed by atoms with Crippen LogP contribution < -0.4 is 10.1 Å². The smallest absolute Gasteiger partial charge is 0.341 e. The number of ether oxygens (including phenoxy) is 2. The van der Waals surface area contributed by atoms with E-state index in [9.17, 15) is 18.4 Å². The molecule has 3 rings (SSSR count). The van der Waals surface area contributed by atoms with E-state index in [1.54, 1.807) is 6.92 Å². The number of halogens is 2. The molecule has 1 aromatic carbocycles. The molecule has 0 radical (unpaired) electrons. The summed E-state index contributed by atoms with van der Waals surface area (Å²) >= 11 is 1.36. The number of benzene rings is 1. The van der Waals surface area contributed by atoms with E-state index < -0.39 is 30.1 Å². The number of fused-ring (bicyclic) bond motifs is 1. The summed E-state index contributed by atoms with van der Waals surface area (Å²) in [5.74, 6) is -2.33. The van der Waals surface area contributed by atoms with Crippen LogP contribution in [-0.2, 0) is 22.4 Å². The summed E-state index contributed by atoms with van der Waals surface area (Å²) in [6.07, 6.45) is 2.57. The molecule has 1 amide bonds. The fraction of sp³-hybridized carbons (Fsp3) is 0.400. The van der Waals surface area contributed by atoms with Gasteiger partial charge in [0.1, 0.15) is 10.8 Å². The lowest BCUT2D eigenvalue weighted by Gasteiger charge is -2.18. The predicted molar refractivity (Wildman–Crippen MR) is 102 cm³/mol. The predicted octanol–water partition coefficient (Wildman–Crippen LogP) is 4.35. The number of hydrogen-bond donors (Lipinski definition) is 1. The molecule has 0 saturated heterocycles. The first-order chi connectivity index (χ1) is 13.4. The van der Waals surface area contributed by atoms with E-state index in [0.29, 0.717) is 22.5 Å². The molecule has 150 valence electrons. The van der Waals surface area contributed by atoms with Crippen LogP contribution in [0.1, 0.15) is 41.1 Å². The molecule has 1 aliphatic rings. The molecule has 0 spiro atoms. The van der Waals surface area contributed by atoms with Gasteiger partial charge in [0, 0.05) is 10.9 Å². The van der Waals surface area contributed by atoms with Gasteiger partial charge in [0.2, 0.25) is 0 Å². The maximum Gasteiger partial charge on any atom is 0.341 e. The van der Waals surface area contributed by atoms with E-state index in [1.807, 2.05) is 0 Å². The normalized spacial score (nSPS) is 15.6. The Hall–Kier alpha value is -2.48. The molecule has 28 heavy (non-hydrogen) atoms. The van der Waals surface area contributed by atoms with Crippen molar-refractivity contribution in [2.24, 2.45) is 5.92 Å². The zero-order valence-corrected chi connectivity index (χ0v) is 16.5. The Balaban J connectivity index is 1.75. The van der Waals surface area contributed by atoms with E-state index in [1.165, 1.54) is 11.3 Å². The molecule has 0 saturated carbocycles. The lowest BCUT2D eigenvalue weighted by atomic mass is 9.88. The Morgan fingerprint density at radius 3 is 2.82 bits per heavy atom. The van der Waals surface area contributed by atoms with Crippen molar-refractivity contribution in [3.8, 4) is 5.75 Å². The summed E-state index contributed by atoms with van der Waals surface area (Å²) in [6.45, 7) is 3.64. The highest BCUT2D eigenvalue weighted by molar-refractivity contribution is 7.17. The van der Waals surface area contributed by atoms with Crippen LogP contribution in [0.4, 0.5) is 13.8 Å². The first-order valence-corrected chi connectivity index (χ1v) is 9.90. The number of rotatable bonds is 6. The van der Waals surface area contributed by atoms with Gasteiger partial charge in [-0.15, -0.1) is 11.3 Å². The van der Waals surface area contributed by atoms with Gasteiger partial charge in [-0.25, -0.2) is 13.6 Å². The van der Waals surface area contributed by atoms with Crippen molar-refractivity contribution in [3.05, 3.63) is 45.8 Å². The first-order valence-electron chi connectivity index (χ1n) is 9.08. The van der Waals surface area contributed by atoms with E-state index >= 15 is 0 Å². The van der Waals surface area contributed by atoms with E-state index in [4.69, 9.17) is 9.47 Å². The van der Waals surface area contributed by atoms with Gasteiger partial charge in [-0.1, -0.05) is 6.92 Å². The Bertz CT molecular complexity index is 897. The molecule has 0 unspecified atom stereocenters. The van der Waals surface area contributed by atoms with Crippen LogP contribution in [0.15, 0.2) is 18.2 Å². The average molecular weight is 409 g/mol. The Morgan fingerprint density at radius 1 is 1.32 bits per heavy atom. The fourth-order valence-corrected chi connectivity index (χ4v) is 4.57. The van der Waals surface area contributed by atoms with Gasteiger partial charge in [-0.2, -0.15) is 0 Å². The minimum absolute atomic E-state index is 0.221. The lowest BCUT2D eigenvalue weighted by molar-refractivity contribution is -0.118. The molecule has 5 nitrogen and oxygen atoms in total. The van der Waals surface area contributed by atoms with Crippen LogP contribution in [0, 0.1) is 17.6 Å². The summed E-state index contributed by atoms with van der Waals surface area (Å²) < 4.78 is 36.8. The summed E-state index contributed by atoms with van der Waals surface area (Å²) in [5, 5.41) is 3.10. The average Bonchev–Trinajstić information content (AvgIpc) is 2.97. The van der Waals surface area contributed by atoms with Crippen LogP contribution >= 0.6 is 11.3 Å². The third kappa shape index (κ3) is 4.49. The van der Waals surface area contributed by atoms with Crippen molar-refractivity contribution >= 4 is 28.2 Å². The highest BCUT2D eigenvalue weighted by Crippen LogP contribution is 2.40. The maximum atomic E-state index is 13.6. The molecule has 0 bridgehead atoms. The molecule has 8 heteroatoms. The van der Waals surface area contributed by atoms with E-state index in [-0.39, 0.29) is 12.4 Å². The quantitative estimate of drug-likeness (QED) is 0.721. The van der Waals surface area contributed by atoms with Crippen molar-refractivity contribution in [1.29, 1.82) is 0 Å². The molecule has 1 atom stereocenters. The number of hydrogen-bond acceptors (Lipinski definition) is 5. The second-order valence-electron chi connectivity index (χ2n) is 6.69. The van der Waals surface area contributed by atoms with Gasteiger partial charge in [0.15, 0.2) is 18.2 Å². The van der Waals surface area contributed by atoms with Gasteiger partial charge in [-0.05, 0) is 49.8 Å². The van der Waals surface area contributed by atoms with Crippen molar-refractivity contribution in [2.75, 3.05) is 18.5 Å². The Morgan fingerprint density at radius 2 is 2.11 bits per heavy atom. The standard InChI is InChI=1S/C20H21F2NO4S/c1-3-26-20(25)18-13-6-4-11(2)8-16(13)28-19(18)23-17(24)10-27-15-7-5-12(21)9-14(15)22/h5,7,9,11H,3-4,6,8,10H2,1-2H3,(H,23,24)/t11-/m0/s1. The summed E-state index contributed by atoms with van der Waals surface area (Å²) in [4.78, 5) is 25.8. The van der Waals surface area contributed by atoms with Gasteiger partial charge < -0.3 is 14.8 Å². The minimum Gasteiger partial charge on any atom is -0.481 e. The minimum atomic E-state index is -0.888. The van der Waals surface area contributed by atoms with E-state index in [0.717, 1.165) is 41.8 Å². The van der Waals surface area contributed by atoms with Crippen molar-refractivity contribution in [3.63, 3.8) is 0 Å². The lowest BCUT2D eigenvalue weighted by Crippen LogP contribution is -2.21. The summed E-state index contributed by atoms with van der Waals surface area (Å²) in [6, 6.07) is 2.84. The summed E-state index contributed by atoms with van der Waals surface area (Å²) in [5.41, 5.74) is 1.33. The first kappa shape index (κ1) is 20.3. The number of esters is 1. The van der Waals surface area contributed by atoms with Crippen LogP contribution in [0.3, 0.4) is 0 Å². The highest BCUT2D eigenvalue weighted by atomic mass is 32.1. The van der Waals surface area contributed by atoms with Crippen molar-refractivity contribution in [2.45, 2.75) is 33.1 Å². The van der Waals surface area contributed by atoms with Crippen molar-refractivity contribution < 1.29 is 27.8 Å². The van der Waals surface area contributed by atoms with Gasteiger partial charge in [0.05, 0.1) is 12.2 Å². The summed E-state index contributed by atoms with van der Waals surface area (Å²) in [7, 11) is 0.